The largest absolute Gasteiger partial charge is 0.462 e. The number of rotatable bonds is 50. The highest BCUT2D eigenvalue weighted by Gasteiger charge is 2.19. The van der Waals surface area contributed by atoms with Gasteiger partial charge in [-0.25, -0.2) is 0 Å². The van der Waals surface area contributed by atoms with Gasteiger partial charge >= 0.3 is 17.9 Å². The van der Waals surface area contributed by atoms with E-state index in [1.165, 1.54) is 193 Å². The van der Waals surface area contributed by atoms with Crippen molar-refractivity contribution >= 4 is 17.9 Å². The van der Waals surface area contributed by atoms with Crippen LogP contribution in [0.15, 0.2) is 24.3 Å². The van der Waals surface area contributed by atoms with Gasteiger partial charge in [-0.1, -0.05) is 238 Å². The van der Waals surface area contributed by atoms with Crippen molar-refractivity contribution in [2.75, 3.05) is 13.2 Å². The summed E-state index contributed by atoms with van der Waals surface area (Å²) in [7, 11) is 0. The number of allylic oxidation sites excluding steroid dienone is 4. The highest BCUT2D eigenvalue weighted by atomic mass is 16.6. The molecule has 0 aromatic carbocycles. The third-order valence-electron chi connectivity index (χ3n) is 12.2. The third kappa shape index (κ3) is 48.9. The summed E-state index contributed by atoms with van der Waals surface area (Å²) >= 11 is 0. The Hall–Kier alpha value is -2.11. The molecule has 0 spiro atoms. The lowest BCUT2D eigenvalue weighted by molar-refractivity contribution is -0.167. The molecule has 0 saturated heterocycles. The van der Waals surface area contributed by atoms with Crippen LogP contribution >= 0.6 is 0 Å². The predicted molar refractivity (Wildman–Crippen MR) is 266 cm³/mol. The highest BCUT2D eigenvalue weighted by Crippen LogP contribution is 2.16. The van der Waals surface area contributed by atoms with Crippen molar-refractivity contribution in [3.05, 3.63) is 24.3 Å². The minimum Gasteiger partial charge on any atom is -0.462 e. The lowest BCUT2D eigenvalue weighted by Crippen LogP contribution is -2.30. The Labute approximate surface area is 385 Å². The summed E-state index contributed by atoms with van der Waals surface area (Å²) in [5.41, 5.74) is 0. The molecule has 0 N–H and O–H groups in total. The van der Waals surface area contributed by atoms with Crippen LogP contribution in [0.5, 0.6) is 0 Å². The van der Waals surface area contributed by atoms with Gasteiger partial charge in [-0.15, -0.1) is 0 Å². The molecule has 1 unspecified atom stereocenters. The maximum Gasteiger partial charge on any atom is 0.306 e. The number of hydrogen-bond acceptors (Lipinski definition) is 6. The monoisotopic (exact) mass is 873 g/mol. The summed E-state index contributed by atoms with van der Waals surface area (Å²) in [5, 5.41) is 0. The average molecular weight is 873 g/mol. The molecule has 1 atom stereocenters. The van der Waals surface area contributed by atoms with Gasteiger partial charge in [-0.2, -0.15) is 0 Å². The molecular weight excluding hydrogens is 769 g/mol. The van der Waals surface area contributed by atoms with Crippen LogP contribution in [0.2, 0.25) is 0 Å². The first kappa shape index (κ1) is 59.9. The molecule has 0 rings (SSSR count). The number of unbranched alkanes of at least 4 members (excludes halogenated alkanes) is 35. The fourth-order valence-electron chi connectivity index (χ4n) is 8.01. The van der Waals surface area contributed by atoms with Gasteiger partial charge in [0.15, 0.2) is 6.10 Å². The topological polar surface area (TPSA) is 78.9 Å². The summed E-state index contributed by atoms with van der Waals surface area (Å²) in [5.74, 6) is -0.869. The van der Waals surface area contributed by atoms with E-state index in [2.05, 4.69) is 45.1 Å². The van der Waals surface area contributed by atoms with Crippen LogP contribution in [0.25, 0.3) is 0 Å². The van der Waals surface area contributed by atoms with Crippen molar-refractivity contribution in [1.29, 1.82) is 0 Å². The molecule has 0 aliphatic heterocycles. The molecule has 0 heterocycles. The van der Waals surface area contributed by atoms with Crippen molar-refractivity contribution in [3.63, 3.8) is 0 Å². The summed E-state index contributed by atoms with van der Waals surface area (Å²) in [6.07, 6.45) is 58.8. The number of carbonyl (C=O) groups excluding carboxylic acids is 3. The van der Waals surface area contributed by atoms with E-state index in [-0.39, 0.29) is 31.1 Å². The van der Waals surface area contributed by atoms with Crippen LogP contribution in [0, 0.1) is 0 Å². The van der Waals surface area contributed by atoms with Gasteiger partial charge < -0.3 is 14.2 Å². The quantitative estimate of drug-likeness (QED) is 0.0262. The SMILES string of the molecule is CCCC/C=C\CCCCCCCC(=O)OCC(COC(=O)CCCCCCCCCCC/C=C\CCCCCCCCCC)OC(=O)CCCCCCCCCCCCCC. The maximum absolute atomic E-state index is 12.8. The summed E-state index contributed by atoms with van der Waals surface area (Å²) < 4.78 is 16.8. The zero-order valence-corrected chi connectivity index (χ0v) is 41.7. The molecule has 0 amide bonds. The standard InChI is InChI=1S/C56H104O6/c1-4-7-10-13-16-19-22-24-25-26-27-28-29-30-31-32-35-37-40-43-46-49-55(58)61-52-53(51-60-54(57)48-45-42-39-36-33-21-18-15-12-9-6-3)62-56(59)50-47-44-41-38-34-23-20-17-14-11-8-5-2/h15,18,26-27,53H,4-14,16-17,19-25,28-52H2,1-3H3/b18-15-,27-26-. The van der Waals surface area contributed by atoms with Crippen LogP contribution in [-0.4, -0.2) is 37.2 Å². The van der Waals surface area contributed by atoms with E-state index in [4.69, 9.17) is 14.2 Å². The van der Waals surface area contributed by atoms with Gasteiger partial charge in [0.2, 0.25) is 0 Å². The molecular formula is C56H104O6. The average Bonchev–Trinajstić information content (AvgIpc) is 3.27. The first-order chi connectivity index (χ1) is 30.5. The molecule has 364 valence electrons. The lowest BCUT2D eigenvalue weighted by atomic mass is 10.0. The number of carbonyl (C=O) groups is 3. The molecule has 0 bridgehead atoms. The van der Waals surface area contributed by atoms with E-state index in [1.54, 1.807) is 0 Å². The number of esters is 3. The smallest absolute Gasteiger partial charge is 0.306 e. The van der Waals surface area contributed by atoms with E-state index >= 15 is 0 Å². The molecule has 62 heavy (non-hydrogen) atoms. The predicted octanol–water partition coefficient (Wildman–Crippen LogP) is 17.9. The molecule has 0 aromatic heterocycles. The summed E-state index contributed by atoms with van der Waals surface area (Å²) in [4.78, 5) is 37.9. The fraction of sp³-hybridized carbons (Fsp3) is 0.875. The Morgan fingerprint density at radius 3 is 0.855 bits per heavy atom. The van der Waals surface area contributed by atoms with Crippen LogP contribution in [0.3, 0.4) is 0 Å². The molecule has 0 aliphatic rings. The Morgan fingerprint density at radius 2 is 0.548 bits per heavy atom. The van der Waals surface area contributed by atoms with E-state index in [0.717, 1.165) is 64.2 Å². The minimum atomic E-state index is -0.770. The van der Waals surface area contributed by atoms with Crippen molar-refractivity contribution in [3.8, 4) is 0 Å². The highest BCUT2D eigenvalue weighted by molar-refractivity contribution is 5.71. The Bertz CT molecular complexity index is 1000. The third-order valence-corrected chi connectivity index (χ3v) is 12.2. The van der Waals surface area contributed by atoms with E-state index < -0.39 is 6.10 Å². The van der Waals surface area contributed by atoms with Crippen molar-refractivity contribution in [1.82, 2.24) is 0 Å². The van der Waals surface area contributed by atoms with Gasteiger partial charge in [0, 0.05) is 19.3 Å². The second-order valence-electron chi connectivity index (χ2n) is 18.5. The van der Waals surface area contributed by atoms with Crippen molar-refractivity contribution < 1.29 is 28.6 Å². The number of hydrogen-bond donors (Lipinski definition) is 0. The first-order valence-corrected chi connectivity index (χ1v) is 27.3. The molecule has 0 aromatic rings. The molecule has 0 fully saturated rings. The molecule has 0 aliphatic carbocycles. The first-order valence-electron chi connectivity index (χ1n) is 27.3. The second-order valence-corrected chi connectivity index (χ2v) is 18.5. The molecule has 0 radical (unpaired) electrons. The lowest BCUT2D eigenvalue weighted by Gasteiger charge is -2.18. The van der Waals surface area contributed by atoms with Crippen molar-refractivity contribution in [2.45, 2.75) is 303 Å². The normalized spacial score (nSPS) is 12.1. The van der Waals surface area contributed by atoms with Crippen LogP contribution < -0.4 is 0 Å². The van der Waals surface area contributed by atoms with Crippen LogP contribution in [-0.2, 0) is 28.6 Å². The second kappa shape index (κ2) is 51.5. The maximum atomic E-state index is 12.8. The van der Waals surface area contributed by atoms with Gasteiger partial charge in [0.25, 0.3) is 0 Å². The van der Waals surface area contributed by atoms with E-state index in [9.17, 15) is 14.4 Å². The Balaban J connectivity index is 4.24. The fourth-order valence-corrected chi connectivity index (χ4v) is 8.01. The van der Waals surface area contributed by atoms with E-state index in [0.29, 0.717) is 19.3 Å². The Kier molecular flexibility index (Phi) is 49.8. The molecule has 0 saturated carbocycles. The van der Waals surface area contributed by atoms with Gasteiger partial charge in [-0.3, -0.25) is 14.4 Å². The van der Waals surface area contributed by atoms with Gasteiger partial charge in [0.1, 0.15) is 13.2 Å². The van der Waals surface area contributed by atoms with Gasteiger partial charge in [0.05, 0.1) is 0 Å². The molecule has 6 nitrogen and oxygen atoms in total. The summed E-state index contributed by atoms with van der Waals surface area (Å²) in [6, 6.07) is 0. The summed E-state index contributed by atoms with van der Waals surface area (Å²) in [6.45, 7) is 6.62. The number of ether oxygens (including phenoxy) is 3. The van der Waals surface area contributed by atoms with Crippen LogP contribution in [0.1, 0.15) is 297 Å². The molecule has 6 heteroatoms. The zero-order valence-electron chi connectivity index (χ0n) is 41.7. The van der Waals surface area contributed by atoms with Crippen LogP contribution in [0.4, 0.5) is 0 Å². The minimum absolute atomic E-state index is 0.0712. The van der Waals surface area contributed by atoms with Crippen molar-refractivity contribution in [2.24, 2.45) is 0 Å². The van der Waals surface area contributed by atoms with Gasteiger partial charge in [-0.05, 0) is 64.2 Å². The van der Waals surface area contributed by atoms with E-state index in [1.807, 2.05) is 0 Å². The zero-order chi connectivity index (χ0) is 45.1. The Morgan fingerprint density at radius 1 is 0.306 bits per heavy atom.